The standard InChI is InChI=1S/C23H22N4O3S.C21H35NO2SSi/c1-27-22(7-10-25-27)30-21-6-5-20(13-17(21)15-24)31-19-4-2-3-18(14-19)26-23(28)16-8-11-29-12-9-16;1-15(2)26(16(3)4,17(5)6)25-20-9-7-8-19(14-20)22-21(23)18-10-12-24-13-11-18/h2-7,10,13-14,16H,8-9,11-12H2,1H3,(H,26,28);7-9,14-18H,10-13H2,1-6H3,(H,22,23). The summed E-state index contributed by atoms with van der Waals surface area (Å²) in [6.45, 7) is 17.0. The van der Waals surface area contributed by atoms with Gasteiger partial charge in [0.15, 0.2) is 0 Å². The van der Waals surface area contributed by atoms with Crippen molar-refractivity contribution in [2.75, 3.05) is 37.1 Å². The Morgan fingerprint density at radius 3 is 1.77 bits per heavy atom. The summed E-state index contributed by atoms with van der Waals surface area (Å²) in [7, 11) is 0.201. The van der Waals surface area contributed by atoms with E-state index in [2.05, 4.69) is 92.8 Å². The van der Waals surface area contributed by atoms with Crippen LogP contribution in [0.3, 0.4) is 0 Å². The minimum Gasteiger partial charge on any atom is -0.438 e. The van der Waals surface area contributed by atoms with Crippen LogP contribution in [0.2, 0.25) is 16.6 Å². The van der Waals surface area contributed by atoms with Gasteiger partial charge in [-0.15, -0.1) is 0 Å². The first-order valence-corrected chi connectivity index (χ1v) is 24.5. The first-order valence-electron chi connectivity index (χ1n) is 19.9. The van der Waals surface area contributed by atoms with Crippen LogP contribution < -0.4 is 15.4 Å². The fourth-order valence-corrected chi connectivity index (χ4v) is 17.8. The van der Waals surface area contributed by atoms with Crippen molar-refractivity contribution in [1.82, 2.24) is 9.78 Å². The molecule has 0 aliphatic carbocycles. The molecule has 0 saturated carbocycles. The molecule has 0 atom stereocenters. The van der Waals surface area contributed by atoms with E-state index in [1.165, 1.54) is 16.7 Å². The molecule has 0 bridgehead atoms. The van der Waals surface area contributed by atoms with Crippen molar-refractivity contribution in [1.29, 1.82) is 5.26 Å². The molecule has 1 aromatic heterocycles. The predicted octanol–water partition coefficient (Wildman–Crippen LogP) is 10.9. The summed E-state index contributed by atoms with van der Waals surface area (Å²) in [5.41, 5.74) is 4.23. The Morgan fingerprint density at radius 2 is 1.28 bits per heavy atom. The van der Waals surface area contributed by atoms with E-state index in [1.54, 1.807) is 36.1 Å². The molecule has 0 spiro atoms. The number of ether oxygens (including phenoxy) is 3. The van der Waals surface area contributed by atoms with Crippen LogP contribution >= 0.6 is 23.0 Å². The Hall–Kier alpha value is -4.06. The van der Waals surface area contributed by atoms with E-state index in [1.807, 2.05) is 36.4 Å². The zero-order chi connectivity index (χ0) is 41.0. The normalized spacial score (nSPS) is 15.2. The van der Waals surface area contributed by atoms with Crippen molar-refractivity contribution in [2.24, 2.45) is 18.9 Å². The maximum absolute atomic E-state index is 12.5. The molecule has 2 amide bonds. The molecule has 13 heteroatoms. The highest BCUT2D eigenvalue weighted by Gasteiger charge is 2.44. The second kappa shape index (κ2) is 21.1. The quantitative estimate of drug-likeness (QED) is 0.127. The summed E-state index contributed by atoms with van der Waals surface area (Å²) in [6.07, 6.45) is 4.79. The number of benzene rings is 3. The van der Waals surface area contributed by atoms with Crippen LogP contribution in [0.1, 0.15) is 72.8 Å². The molecule has 2 aliphatic heterocycles. The molecule has 3 aromatic carbocycles. The molecule has 2 saturated heterocycles. The largest absolute Gasteiger partial charge is 0.438 e. The van der Waals surface area contributed by atoms with Crippen molar-refractivity contribution in [3.8, 4) is 17.7 Å². The number of nitrogens with zero attached hydrogens (tertiary/aromatic N) is 3. The first kappa shape index (κ1) is 44.0. The third-order valence-corrected chi connectivity index (χ3v) is 23.9. The second-order valence-electron chi connectivity index (χ2n) is 15.5. The smallest absolute Gasteiger partial charge is 0.227 e. The first-order chi connectivity index (χ1) is 27.4. The lowest BCUT2D eigenvalue weighted by atomic mass is 9.99. The van der Waals surface area contributed by atoms with Crippen LogP contribution in [0, 0.1) is 23.2 Å². The van der Waals surface area contributed by atoms with Crippen LogP contribution in [0.4, 0.5) is 11.4 Å². The maximum atomic E-state index is 12.5. The second-order valence-corrected chi connectivity index (χ2v) is 25.2. The number of aryl methyl sites for hydroxylation is 1. The number of anilines is 2. The summed E-state index contributed by atoms with van der Waals surface area (Å²) >= 11 is 3.62. The van der Waals surface area contributed by atoms with Gasteiger partial charge in [0.1, 0.15) is 19.0 Å². The number of nitriles is 1. The number of aromatic nitrogens is 2. The van der Waals surface area contributed by atoms with E-state index in [0.29, 0.717) is 60.2 Å². The third-order valence-electron chi connectivity index (χ3n) is 10.7. The summed E-state index contributed by atoms with van der Waals surface area (Å²) in [6, 6.07) is 25.6. The van der Waals surface area contributed by atoms with Gasteiger partial charge in [-0.1, -0.05) is 65.4 Å². The van der Waals surface area contributed by atoms with Crippen molar-refractivity contribution in [3.63, 3.8) is 0 Å². The van der Waals surface area contributed by atoms with Gasteiger partial charge in [0.25, 0.3) is 0 Å². The minimum absolute atomic E-state index is 0.00443. The molecule has 0 radical (unpaired) electrons. The SMILES string of the molecule is CC(C)[Si](Sc1cccc(NC(=O)C2CCOCC2)c1)(C(C)C)C(C)C.Cn1nccc1Oc1ccc(Sc2cccc(NC(=O)C3CCOCC3)c2)cc1C#N. The average Bonchev–Trinajstić information content (AvgIpc) is 3.61. The van der Waals surface area contributed by atoms with E-state index in [9.17, 15) is 14.9 Å². The van der Waals surface area contributed by atoms with Gasteiger partial charge in [-0.3, -0.25) is 9.59 Å². The summed E-state index contributed by atoms with van der Waals surface area (Å²) in [5.74, 6) is 1.29. The van der Waals surface area contributed by atoms with E-state index < -0.39 is 7.22 Å². The van der Waals surface area contributed by atoms with Gasteiger partial charge in [-0.25, -0.2) is 4.68 Å². The molecule has 3 heterocycles. The molecule has 304 valence electrons. The number of amides is 2. The fourth-order valence-electron chi connectivity index (χ4n) is 7.70. The Labute approximate surface area is 347 Å². The third kappa shape index (κ3) is 12.0. The Morgan fingerprint density at radius 1 is 0.772 bits per heavy atom. The van der Waals surface area contributed by atoms with Gasteiger partial charge >= 0.3 is 0 Å². The van der Waals surface area contributed by atoms with Crippen LogP contribution in [0.15, 0.2) is 93.7 Å². The van der Waals surface area contributed by atoms with Crippen LogP contribution in [-0.2, 0) is 26.1 Å². The summed E-state index contributed by atoms with van der Waals surface area (Å²) in [4.78, 5) is 28.2. The molecule has 6 rings (SSSR count). The maximum Gasteiger partial charge on any atom is 0.227 e. The lowest BCUT2D eigenvalue weighted by Crippen LogP contribution is -2.40. The molecular formula is C44H57N5O5S2Si. The van der Waals surface area contributed by atoms with Crippen LogP contribution in [0.25, 0.3) is 0 Å². The number of hydrogen-bond acceptors (Lipinski definition) is 9. The molecule has 4 aromatic rings. The number of rotatable bonds is 13. The van der Waals surface area contributed by atoms with Crippen molar-refractivity contribution in [2.45, 2.75) is 98.5 Å². The topological polar surface area (TPSA) is 128 Å². The molecular weight excluding hydrogens is 771 g/mol. The van der Waals surface area contributed by atoms with Gasteiger partial charge in [0.2, 0.25) is 17.7 Å². The lowest BCUT2D eigenvalue weighted by molar-refractivity contribution is -0.123. The van der Waals surface area contributed by atoms with Gasteiger partial charge < -0.3 is 24.8 Å². The molecule has 2 N–H and O–H groups in total. The Bertz CT molecular complexity index is 1960. The van der Waals surface area contributed by atoms with Gasteiger partial charge in [0, 0.05) is 77.4 Å². The van der Waals surface area contributed by atoms with Crippen molar-refractivity contribution >= 4 is 53.4 Å². The number of hydrogen-bond donors (Lipinski definition) is 2. The monoisotopic (exact) mass is 827 g/mol. The average molecular weight is 828 g/mol. The fraction of sp³-hybridized carbons (Fsp3) is 0.455. The predicted molar refractivity (Wildman–Crippen MR) is 233 cm³/mol. The van der Waals surface area contributed by atoms with E-state index in [0.717, 1.165) is 46.8 Å². The highest BCUT2D eigenvalue weighted by atomic mass is 32.4. The molecule has 0 unspecified atom stereocenters. The highest BCUT2D eigenvalue weighted by Crippen LogP contribution is 2.52. The number of carbonyl (C=O) groups excluding carboxylic acids is 2. The number of carbonyl (C=O) groups is 2. The minimum atomic E-state index is -1.58. The molecule has 10 nitrogen and oxygen atoms in total. The van der Waals surface area contributed by atoms with Crippen LogP contribution in [-0.4, -0.2) is 55.2 Å². The van der Waals surface area contributed by atoms with Crippen molar-refractivity contribution in [3.05, 3.63) is 84.6 Å². The van der Waals surface area contributed by atoms with Crippen LogP contribution in [0.5, 0.6) is 11.6 Å². The van der Waals surface area contributed by atoms with Gasteiger partial charge in [0.05, 0.1) is 11.8 Å². The molecule has 2 aliphatic rings. The van der Waals surface area contributed by atoms with Gasteiger partial charge in [-0.2, -0.15) is 21.6 Å². The summed E-state index contributed by atoms with van der Waals surface area (Å²) in [5, 5.41) is 19.8. The van der Waals surface area contributed by atoms with E-state index >= 15 is 0 Å². The zero-order valence-electron chi connectivity index (χ0n) is 34.2. The molecule has 57 heavy (non-hydrogen) atoms. The zero-order valence-corrected chi connectivity index (χ0v) is 36.9. The Balaban J connectivity index is 0.000000221. The van der Waals surface area contributed by atoms with Gasteiger partial charge in [-0.05, 0) is 96.9 Å². The highest BCUT2D eigenvalue weighted by molar-refractivity contribution is 8.29. The summed E-state index contributed by atoms with van der Waals surface area (Å²) < 4.78 is 18.1. The Kier molecular flexibility index (Phi) is 16.3. The number of nitrogens with one attached hydrogen (secondary N) is 2. The van der Waals surface area contributed by atoms with E-state index in [-0.39, 0.29) is 23.7 Å². The molecule has 2 fully saturated rings. The lowest BCUT2D eigenvalue weighted by Gasteiger charge is -2.42. The van der Waals surface area contributed by atoms with Crippen molar-refractivity contribution < 1.29 is 23.8 Å². The van der Waals surface area contributed by atoms with E-state index in [4.69, 9.17) is 14.2 Å².